The van der Waals surface area contributed by atoms with E-state index in [4.69, 9.17) is 33.1 Å². The molecule has 2 N–H and O–H groups in total. The zero-order valence-corrected chi connectivity index (χ0v) is 10.7. The fourth-order valence-corrected chi connectivity index (χ4v) is 1.11. The maximum atomic E-state index is 10.6. The quantitative estimate of drug-likeness (QED) is 0.866. The largest absolute Gasteiger partial charge is 0.490 e. The van der Waals surface area contributed by atoms with Crippen molar-refractivity contribution in [2.24, 2.45) is 0 Å². The molecule has 1 aromatic rings. The van der Waals surface area contributed by atoms with Gasteiger partial charge in [-0.2, -0.15) is 13.2 Å². The number of hydrogen-bond acceptors (Lipinski definition) is 2. The third kappa shape index (κ3) is 6.56. The average Bonchev–Trinajstić information content (AvgIpc) is 2.23. The molecule has 0 fully saturated rings. The van der Waals surface area contributed by atoms with Gasteiger partial charge in [0.1, 0.15) is 0 Å². The highest BCUT2D eigenvalue weighted by atomic mass is 35.5. The van der Waals surface area contributed by atoms with E-state index in [-0.39, 0.29) is 0 Å². The first kappa shape index (κ1) is 16.9. The van der Waals surface area contributed by atoms with E-state index < -0.39 is 12.1 Å². The van der Waals surface area contributed by atoms with Crippen LogP contribution in [0.1, 0.15) is 6.92 Å². The number of carbonyl (C=O) groups is 1. The van der Waals surface area contributed by atoms with Crippen molar-refractivity contribution in [3.63, 3.8) is 0 Å². The predicted octanol–water partition coefficient (Wildman–Crippen LogP) is 4.06. The lowest BCUT2D eigenvalue weighted by Gasteiger charge is -2.03. The summed E-state index contributed by atoms with van der Waals surface area (Å²) in [5.74, 6) is -2.76. The van der Waals surface area contributed by atoms with E-state index in [2.05, 4.69) is 5.32 Å². The van der Waals surface area contributed by atoms with Gasteiger partial charge < -0.3 is 10.4 Å². The van der Waals surface area contributed by atoms with Gasteiger partial charge >= 0.3 is 12.1 Å². The minimum atomic E-state index is -5.08. The van der Waals surface area contributed by atoms with E-state index in [1.165, 1.54) is 0 Å². The fraction of sp³-hybridized carbons (Fsp3) is 0.300. The number of benzene rings is 1. The molecule has 0 aliphatic carbocycles. The van der Waals surface area contributed by atoms with E-state index in [1.54, 1.807) is 6.07 Å². The summed E-state index contributed by atoms with van der Waals surface area (Å²) in [5.41, 5.74) is 1.00. The molecule has 0 unspecified atom stereocenters. The van der Waals surface area contributed by atoms with Gasteiger partial charge in [0.05, 0.1) is 10.0 Å². The van der Waals surface area contributed by atoms with Gasteiger partial charge in [-0.05, 0) is 25.1 Å². The predicted molar refractivity (Wildman–Crippen MR) is 64.3 cm³/mol. The Bertz CT molecular complexity index is 411. The summed E-state index contributed by atoms with van der Waals surface area (Å²) in [6, 6.07) is 5.49. The van der Waals surface area contributed by atoms with E-state index in [1.807, 2.05) is 19.1 Å². The smallest absolute Gasteiger partial charge is 0.475 e. The number of rotatable bonds is 2. The second-order valence-corrected chi connectivity index (χ2v) is 3.78. The standard InChI is InChI=1S/C8H9Cl2N.C2HF3O2/c1-2-11-6-3-4-7(9)8(10)5-6;3-2(4,5)1(6)7/h3-5,11H,2H2,1H3;(H,6,7). The van der Waals surface area contributed by atoms with Crippen molar-refractivity contribution in [3.8, 4) is 0 Å². The number of aliphatic carboxylic acids is 1. The summed E-state index contributed by atoms with van der Waals surface area (Å²) in [6.07, 6.45) is -5.08. The summed E-state index contributed by atoms with van der Waals surface area (Å²) in [5, 5.41) is 11.4. The Morgan fingerprint density at radius 3 is 2.17 bits per heavy atom. The van der Waals surface area contributed by atoms with Crippen LogP contribution in [0, 0.1) is 0 Å². The molecule has 1 rings (SSSR count). The van der Waals surface area contributed by atoms with Crippen LogP contribution in [-0.2, 0) is 4.79 Å². The van der Waals surface area contributed by atoms with Crippen LogP contribution in [0.3, 0.4) is 0 Å². The van der Waals surface area contributed by atoms with Crippen LogP contribution in [0.4, 0.5) is 18.9 Å². The number of anilines is 1. The van der Waals surface area contributed by atoms with Gasteiger partial charge in [0.15, 0.2) is 0 Å². The third-order valence-electron chi connectivity index (χ3n) is 1.54. The summed E-state index contributed by atoms with van der Waals surface area (Å²) in [7, 11) is 0. The molecule has 0 saturated carbocycles. The molecule has 8 heteroatoms. The van der Waals surface area contributed by atoms with Crippen molar-refractivity contribution < 1.29 is 23.1 Å². The molecule has 0 bridgehead atoms. The van der Waals surface area contributed by atoms with Crippen LogP contribution in [0.5, 0.6) is 0 Å². The zero-order valence-electron chi connectivity index (χ0n) is 9.18. The number of nitrogens with one attached hydrogen (secondary N) is 1. The fourth-order valence-electron chi connectivity index (χ4n) is 0.810. The Kier molecular flexibility index (Phi) is 6.86. The van der Waals surface area contributed by atoms with Gasteiger partial charge in [-0.1, -0.05) is 23.2 Å². The van der Waals surface area contributed by atoms with Crippen LogP contribution in [0.2, 0.25) is 10.0 Å². The van der Waals surface area contributed by atoms with Crippen LogP contribution in [0.15, 0.2) is 18.2 Å². The minimum Gasteiger partial charge on any atom is -0.475 e. The van der Waals surface area contributed by atoms with Crippen molar-refractivity contribution >= 4 is 34.9 Å². The van der Waals surface area contributed by atoms with Gasteiger partial charge in [0.25, 0.3) is 0 Å². The van der Waals surface area contributed by atoms with Crippen molar-refractivity contribution in [1.82, 2.24) is 0 Å². The molecule has 0 atom stereocenters. The molecule has 1 aromatic carbocycles. The third-order valence-corrected chi connectivity index (χ3v) is 2.28. The highest BCUT2D eigenvalue weighted by molar-refractivity contribution is 6.42. The molecule has 3 nitrogen and oxygen atoms in total. The van der Waals surface area contributed by atoms with Crippen LogP contribution >= 0.6 is 23.2 Å². The summed E-state index contributed by atoms with van der Waals surface area (Å²) >= 11 is 11.5. The number of hydrogen-bond donors (Lipinski definition) is 2. The lowest BCUT2D eigenvalue weighted by atomic mass is 10.3. The molecule has 18 heavy (non-hydrogen) atoms. The van der Waals surface area contributed by atoms with Gasteiger partial charge in [-0.3, -0.25) is 0 Å². The normalized spacial score (nSPS) is 10.3. The Balaban J connectivity index is 0.000000360. The molecule has 102 valence electrons. The molecule has 0 aliphatic rings. The van der Waals surface area contributed by atoms with Crippen molar-refractivity contribution in [3.05, 3.63) is 28.2 Å². The number of alkyl halides is 3. The molecule has 0 amide bonds. The molecule has 0 aliphatic heterocycles. The first-order chi connectivity index (χ1) is 8.18. The lowest BCUT2D eigenvalue weighted by molar-refractivity contribution is -0.192. The van der Waals surface area contributed by atoms with Gasteiger partial charge in [-0.25, -0.2) is 4.79 Å². The van der Waals surface area contributed by atoms with Crippen molar-refractivity contribution in [2.45, 2.75) is 13.1 Å². The first-order valence-corrected chi connectivity index (χ1v) is 5.43. The topological polar surface area (TPSA) is 49.3 Å². The Labute approximate surface area is 112 Å². The molecule has 0 spiro atoms. The zero-order chi connectivity index (χ0) is 14.3. The van der Waals surface area contributed by atoms with E-state index in [0.29, 0.717) is 10.0 Å². The Hall–Kier alpha value is -1.14. The van der Waals surface area contributed by atoms with Crippen LogP contribution in [-0.4, -0.2) is 23.8 Å². The molecule has 0 radical (unpaired) electrons. The maximum Gasteiger partial charge on any atom is 0.490 e. The summed E-state index contributed by atoms with van der Waals surface area (Å²) in [6.45, 7) is 2.92. The Morgan fingerprint density at radius 1 is 1.33 bits per heavy atom. The van der Waals surface area contributed by atoms with E-state index >= 15 is 0 Å². The number of carboxylic acids is 1. The highest BCUT2D eigenvalue weighted by Gasteiger charge is 2.38. The molecule has 0 heterocycles. The minimum absolute atomic E-state index is 0.588. The van der Waals surface area contributed by atoms with Crippen LogP contribution in [0.25, 0.3) is 0 Å². The summed E-state index contributed by atoms with van der Waals surface area (Å²) < 4.78 is 31.7. The summed E-state index contributed by atoms with van der Waals surface area (Å²) in [4.78, 5) is 8.90. The van der Waals surface area contributed by atoms with Gasteiger partial charge in [0.2, 0.25) is 0 Å². The lowest BCUT2D eigenvalue weighted by Crippen LogP contribution is -2.21. The van der Waals surface area contributed by atoms with Gasteiger partial charge in [0, 0.05) is 12.2 Å². The molecular formula is C10H10Cl2F3NO2. The maximum absolute atomic E-state index is 10.6. The molecular weight excluding hydrogens is 294 g/mol. The monoisotopic (exact) mass is 303 g/mol. The van der Waals surface area contributed by atoms with E-state index in [9.17, 15) is 13.2 Å². The second-order valence-electron chi connectivity index (χ2n) is 2.96. The SMILES string of the molecule is CCNc1ccc(Cl)c(Cl)c1.O=C(O)C(F)(F)F. The van der Waals surface area contributed by atoms with Crippen molar-refractivity contribution in [1.29, 1.82) is 0 Å². The van der Waals surface area contributed by atoms with Crippen molar-refractivity contribution in [2.75, 3.05) is 11.9 Å². The number of halogens is 5. The number of carboxylic acid groups (broad SMARTS) is 1. The van der Waals surface area contributed by atoms with E-state index in [0.717, 1.165) is 12.2 Å². The second kappa shape index (κ2) is 7.33. The Morgan fingerprint density at radius 2 is 1.83 bits per heavy atom. The van der Waals surface area contributed by atoms with Gasteiger partial charge in [-0.15, -0.1) is 0 Å². The first-order valence-electron chi connectivity index (χ1n) is 4.67. The van der Waals surface area contributed by atoms with Crippen LogP contribution < -0.4 is 5.32 Å². The average molecular weight is 304 g/mol. The highest BCUT2D eigenvalue weighted by Crippen LogP contribution is 2.24. The molecule has 0 saturated heterocycles. The molecule has 0 aromatic heterocycles.